The molecule has 3 aromatic carbocycles. The van der Waals surface area contributed by atoms with Crippen molar-refractivity contribution in [3.63, 3.8) is 0 Å². The van der Waals surface area contributed by atoms with Gasteiger partial charge in [0.15, 0.2) is 0 Å². The van der Waals surface area contributed by atoms with Crippen LogP contribution in [-0.4, -0.2) is 49.3 Å². The SMILES string of the molecule is CCCCCCCCOC(=O)[C@H](Cc1ccccc1)NC(=O)Nc1cc(NC(=O)N[C@@H](Cc2ccccc2)C(=O)OCCCCCCCC)c(Cl)cc1Cl. The predicted molar refractivity (Wildman–Crippen MR) is 217 cm³/mol. The smallest absolute Gasteiger partial charge is 0.329 e. The van der Waals surface area contributed by atoms with Gasteiger partial charge in [0.2, 0.25) is 0 Å². The van der Waals surface area contributed by atoms with Gasteiger partial charge >= 0.3 is 24.0 Å². The van der Waals surface area contributed by atoms with Crippen LogP contribution in [0.3, 0.4) is 0 Å². The maximum absolute atomic E-state index is 13.3. The van der Waals surface area contributed by atoms with Crippen LogP contribution in [0.5, 0.6) is 0 Å². The minimum Gasteiger partial charge on any atom is -0.464 e. The van der Waals surface area contributed by atoms with Gasteiger partial charge in [0.1, 0.15) is 12.1 Å². The number of halogens is 2. The van der Waals surface area contributed by atoms with E-state index in [1.165, 1.54) is 25.0 Å². The molecule has 0 saturated heterocycles. The second kappa shape index (κ2) is 25.7. The molecule has 0 aromatic heterocycles. The van der Waals surface area contributed by atoms with E-state index in [4.69, 9.17) is 32.7 Å². The van der Waals surface area contributed by atoms with Crippen LogP contribution >= 0.6 is 23.2 Å². The number of unbranched alkanes of at least 4 members (excludes halogenated alkanes) is 10. The van der Waals surface area contributed by atoms with Gasteiger partial charge in [0.05, 0.1) is 34.6 Å². The molecule has 10 nitrogen and oxygen atoms in total. The number of rotatable bonds is 24. The molecule has 0 saturated carbocycles. The molecule has 4 amide bonds. The number of nitrogens with one attached hydrogen (secondary N) is 4. The Morgan fingerprint density at radius 1 is 0.537 bits per heavy atom. The first-order valence-corrected chi connectivity index (χ1v) is 20.0. The van der Waals surface area contributed by atoms with Gasteiger partial charge in [-0.1, -0.05) is 162 Å². The lowest BCUT2D eigenvalue weighted by Crippen LogP contribution is -2.45. The maximum Gasteiger partial charge on any atom is 0.329 e. The third kappa shape index (κ3) is 17.2. The minimum absolute atomic E-state index is 0.103. The van der Waals surface area contributed by atoms with E-state index in [9.17, 15) is 19.2 Å². The second-order valence-electron chi connectivity index (χ2n) is 13.4. The van der Waals surface area contributed by atoms with E-state index in [2.05, 4.69) is 35.1 Å². The predicted octanol–water partition coefficient (Wildman–Crippen LogP) is 10.3. The summed E-state index contributed by atoms with van der Waals surface area (Å²) in [6.07, 6.45) is 13.0. The van der Waals surface area contributed by atoms with Crippen LogP contribution in [0.1, 0.15) is 102 Å². The molecule has 0 aliphatic heterocycles. The molecular formula is C42H56Cl2N4O6. The summed E-state index contributed by atoms with van der Waals surface area (Å²) in [6.45, 7) is 4.86. The van der Waals surface area contributed by atoms with Gasteiger partial charge in [0.25, 0.3) is 0 Å². The van der Waals surface area contributed by atoms with Crippen LogP contribution in [-0.2, 0) is 31.9 Å². The molecule has 3 aromatic rings. The molecular weight excluding hydrogens is 727 g/mol. The summed E-state index contributed by atoms with van der Waals surface area (Å²) >= 11 is 12.9. The molecule has 0 heterocycles. The Bertz CT molecular complexity index is 1460. The van der Waals surface area contributed by atoms with Gasteiger partial charge in [-0.05, 0) is 36.1 Å². The normalized spacial score (nSPS) is 11.9. The summed E-state index contributed by atoms with van der Waals surface area (Å²) in [5, 5.41) is 11.0. The number of carbonyl (C=O) groups is 4. The van der Waals surface area contributed by atoms with E-state index >= 15 is 0 Å². The van der Waals surface area contributed by atoms with Crippen molar-refractivity contribution >= 4 is 58.6 Å². The molecule has 4 N–H and O–H groups in total. The Morgan fingerprint density at radius 2 is 0.907 bits per heavy atom. The Hall–Kier alpha value is -4.28. The largest absolute Gasteiger partial charge is 0.464 e. The summed E-state index contributed by atoms with van der Waals surface area (Å²) in [6, 6.07) is 18.1. The third-order valence-corrected chi connectivity index (χ3v) is 9.41. The fourth-order valence-electron chi connectivity index (χ4n) is 5.77. The molecule has 12 heteroatoms. The van der Waals surface area contributed by atoms with Crippen molar-refractivity contribution in [2.24, 2.45) is 0 Å². The Labute approximate surface area is 330 Å². The summed E-state index contributed by atoms with van der Waals surface area (Å²) < 4.78 is 11.1. The molecule has 0 spiro atoms. The molecule has 0 unspecified atom stereocenters. The molecule has 2 atom stereocenters. The lowest BCUT2D eigenvalue weighted by Gasteiger charge is -2.20. The molecule has 0 aliphatic carbocycles. The average molecular weight is 784 g/mol. The van der Waals surface area contributed by atoms with Crippen LogP contribution in [0.2, 0.25) is 10.0 Å². The van der Waals surface area contributed by atoms with E-state index in [0.717, 1.165) is 75.3 Å². The van der Waals surface area contributed by atoms with Crippen molar-refractivity contribution in [3.8, 4) is 0 Å². The first-order valence-electron chi connectivity index (χ1n) is 19.2. The highest BCUT2D eigenvalue weighted by Gasteiger charge is 2.25. The van der Waals surface area contributed by atoms with Crippen molar-refractivity contribution in [2.45, 2.75) is 116 Å². The number of hydrogen-bond donors (Lipinski definition) is 4. The zero-order valence-electron chi connectivity index (χ0n) is 31.6. The van der Waals surface area contributed by atoms with E-state index < -0.39 is 36.1 Å². The Balaban J connectivity index is 1.64. The minimum atomic E-state index is -0.968. The number of benzene rings is 3. The number of urea groups is 2. The highest BCUT2D eigenvalue weighted by molar-refractivity contribution is 6.38. The van der Waals surface area contributed by atoms with E-state index in [1.54, 1.807) is 0 Å². The monoisotopic (exact) mass is 782 g/mol. The zero-order valence-corrected chi connectivity index (χ0v) is 33.1. The molecule has 0 aliphatic rings. The maximum atomic E-state index is 13.3. The van der Waals surface area contributed by atoms with Crippen LogP contribution in [0.25, 0.3) is 0 Å². The van der Waals surface area contributed by atoms with Gasteiger partial charge in [-0.2, -0.15) is 0 Å². The fourth-order valence-corrected chi connectivity index (χ4v) is 6.25. The molecule has 0 fully saturated rings. The Kier molecular flexibility index (Phi) is 21.0. The van der Waals surface area contributed by atoms with Gasteiger partial charge in [-0.25, -0.2) is 19.2 Å². The summed E-state index contributed by atoms with van der Waals surface area (Å²) in [4.78, 5) is 52.8. The molecule has 0 bridgehead atoms. The number of ether oxygens (including phenoxy) is 2. The number of hydrogen-bond acceptors (Lipinski definition) is 6. The second-order valence-corrected chi connectivity index (χ2v) is 14.2. The highest BCUT2D eigenvalue weighted by Crippen LogP contribution is 2.33. The van der Waals surface area contributed by atoms with Crippen molar-refractivity contribution in [1.82, 2.24) is 10.6 Å². The standard InChI is InChI=1S/C42H56Cl2N4O6/c1-3-5-7-9-11-19-25-53-39(49)37(27-31-21-15-13-16-22-31)47-41(51)45-35-30-36(34(44)29-33(35)43)46-42(52)48-38(28-32-23-17-14-18-24-32)40(50)54-26-20-12-10-8-6-4-2/h13-18,21-24,29-30,37-38H,3-12,19-20,25-28H2,1-2H3,(H2,45,47,51)(H2,46,48,52)/t37-,38-/m0/s1. The van der Waals surface area contributed by atoms with Gasteiger partial charge in [-0.15, -0.1) is 0 Å². The van der Waals surface area contributed by atoms with E-state index in [0.29, 0.717) is 0 Å². The van der Waals surface area contributed by atoms with E-state index in [1.807, 2.05) is 60.7 Å². The molecule has 54 heavy (non-hydrogen) atoms. The van der Waals surface area contributed by atoms with Crippen molar-refractivity contribution in [1.29, 1.82) is 0 Å². The van der Waals surface area contributed by atoms with E-state index in [-0.39, 0.29) is 47.5 Å². The zero-order chi connectivity index (χ0) is 39.0. The van der Waals surface area contributed by atoms with Crippen molar-refractivity contribution in [3.05, 3.63) is 94.0 Å². The summed E-state index contributed by atoms with van der Waals surface area (Å²) in [7, 11) is 0. The fraction of sp³-hybridized carbons (Fsp3) is 0.476. The number of anilines is 2. The summed E-state index contributed by atoms with van der Waals surface area (Å²) in [5.74, 6) is -1.08. The topological polar surface area (TPSA) is 135 Å². The van der Waals surface area contributed by atoms with Crippen LogP contribution in [0.15, 0.2) is 72.8 Å². The first kappa shape index (κ1) is 44.1. The highest BCUT2D eigenvalue weighted by atomic mass is 35.5. The van der Waals surface area contributed by atoms with Gasteiger partial charge < -0.3 is 30.7 Å². The quantitative estimate of drug-likeness (QED) is 0.0528. The van der Waals surface area contributed by atoms with Gasteiger partial charge in [0, 0.05) is 12.8 Å². The lowest BCUT2D eigenvalue weighted by molar-refractivity contribution is -0.146. The lowest BCUT2D eigenvalue weighted by atomic mass is 10.1. The van der Waals surface area contributed by atoms with Crippen LogP contribution in [0.4, 0.5) is 21.0 Å². The number of carbonyl (C=O) groups excluding carboxylic acids is 4. The molecule has 3 rings (SSSR count). The average Bonchev–Trinajstić information content (AvgIpc) is 3.16. The van der Waals surface area contributed by atoms with Crippen LogP contribution in [0, 0.1) is 0 Å². The summed E-state index contributed by atoms with van der Waals surface area (Å²) in [5.41, 5.74) is 1.95. The van der Waals surface area contributed by atoms with Crippen LogP contribution < -0.4 is 21.3 Å². The van der Waals surface area contributed by atoms with Gasteiger partial charge in [-0.3, -0.25) is 0 Å². The van der Waals surface area contributed by atoms with Crippen molar-refractivity contribution in [2.75, 3.05) is 23.8 Å². The molecule has 294 valence electrons. The Morgan fingerprint density at radius 3 is 1.30 bits per heavy atom. The number of esters is 2. The van der Waals surface area contributed by atoms with Crippen molar-refractivity contribution < 1.29 is 28.7 Å². The first-order chi connectivity index (χ1) is 26.2. The third-order valence-electron chi connectivity index (χ3n) is 8.78. The molecule has 0 radical (unpaired) electrons. The number of amides is 4.